The van der Waals surface area contributed by atoms with E-state index in [0.717, 1.165) is 31.7 Å². The zero-order valence-corrected chi connectivity index (χ0v) is 18.0. The van der Waals surface area contributed by atoms with Crippen LogP contribution in [0.1, 0.15) is 30.7 Å². The van der Waals surface area contributed by atoms with Crippen LogP contribution in [0.15, 0.2) is 54.6 Å². The summed E-state index contributed by atoms with van der Waals surface area (Å²) in [6.07, 6.45) is 2.10. The molecule has 1 aromatic heterocycles. The normalized spacial score (nSPS) is 17.3. The van der Waals surface area contributed by atoms with E-state index in [1.807, 2.05) is 35.2 Å². The number of benzene rings is 2. The van der Waals surface area contributed by atoms with Crippen molar-refractivity contribution in [3.8, 4) is 11.5 Å². The monoisotopic (exact) mass is 444 g/mol. The number of fused-ring (bicyclic) bond motifs is 1. The first-order valence-electron chi connectivity index (χ1n) is 10.9. The van der Waals surface area contributed by atoms with E-state index in [2.05, 4.69) is 20.6 Å². The fourth-order valence-corrected chi connectivity index (χ4v) is 4.13. The largest absolute Gasteiger partial charge is 0.457 e. The summed E-state index contributed by atoms with van der Waals surface area (Å²) >= 11 is 0. The fraction of sp³-hybridized carbons (Fsp3) is 0.250. The highest BCUT2D eigenvalue weighted by molar-refractivity contribution is 6.05. The number of amides is 2. The minimum Gasteiger partial charge on any atom is -0.457 e. The van der Waals surface area contributed by atoms with Crippen LogP contribution in [0.25, 0.3) is 0 Å². The van der Waals surface area contributed by atoms with E-state index in [-0.39, 0.29) is 24.1 Å². The predicted octanol–water partition coefficient (Wildman–Crippen LogP) is 3.52. The third kappa shape index (κ3) is 4.43. The molecular formula is C24H24N6O3. The number of nitrogen functional groups attached to an aromatic ring is 1. The van der Waals surface area contributed by atoms with E-state index in [1.54, 1.807) is 24.3 Å². The fourth-order valence-electron chi connectivity index (χ4n) is 4.13. The van der Waals surface area contributed by atoms with Crippen molar-refractivity contribution in [3.63, 3.8) is 0 Å². The van der Waals surface area contributed by atoms with Gasteiger partial charge in [-0.2, -0.15) is 9.97 Å². The summed E-state index contributed by atoms with van der Waals surface area (Å²) in [6, 6.07) is 16.5. The average molecular weight is 444 g/mol. The number of nitrogens with one attached hydrogen (secondary N) is 2. The smallest absolute Gasteiger partial charge is 0.232 e. The molecule has 3 heterocycles. The molecule has 3 aromatic rings. The molecule has 2 aliphatic heterocycles. The van der Waals surface area contributed by atoms with Crippen molar-refractivity contribution in [1.82, 2.24) is 9.97 Å². The highest BCUT2D eigenvalue weighted by Crippen LogP contribution is 2.37. The second-order valence-electron chi connectivity index (χ2n) is 8.10. The van der Waals surface area contributed by atoms with Crippen LogP contribution >= 0.6 is 0 Å². The molecule has 168 valence electrons. The number of ether oxygens (including phenoxy) is 1. The minimum absolute atomic E-state index is 0.0232. The zero-order valence-electron chi connectivity index (χ0n) is 18.0. The Bertz CT molecular complexity index is 1180. The number of anilines is 4. The molecule has 1 fully saturated rings. The summed E-state index contributed by atoms with van der Waals surface area (Å²) < 4.78 is 5.78. The maximum atomic E-state index is 13.1. The van der Waals surface area contributed by atoms with Gasteiger partial charge < -0.3 is 26.0 Å². The molecule has 4 N–H and O–H groups in total. The van der Waals surface area contributed by atoms with Crippen LogP contribution in [-0.4, -0.2) is 34.9 Å². The lowest BCUT2D eigenvalue weighted by Crippen LogP contribution is -2.33. The van der Waals surface area contributed by atoms with Gasteiger partial charge in [-0.25, -0.2) is 0 Å². The number of carbonyl (C=O) groups is 2. The molecule has 0 unspecified atom stereocenters. The van der Waals surface area contributed by atoms with Crippen LogP contribution in [0.3, 0.4) is 0 Å². The molecule has 1 saturated heterocycles. The average Bonchev–Trinajstić information content (AvgIpc) is 3.35. The van der Waals surface area contributed by atoms with Gasteiger partial charge in [-0.3, -0.25) is 9.59 Å². The molecule has 1 atom stereocenters. The summed E-state index contributed by atoms with van der Waals surface area (Å²) in [7, 11) is 0. The van der Waals surface area contributed by atoms with Gasteiger partial charge in [0.05, 0.1) is 11.5 Å². The van der Waals surface area contributed by atoms with E-state index in [9.17, 15) is 9.59 Å². The number of hydrogen-bond acceptors (Lipinski definition) is 7. The maximum absolute atomic E-state index is 13.1. The van der Waals surface area contributed by atoms with E-state index in [1.165, 1.54) is 0 Å². The van der Waals surface area contributed by atoms with Crippen LogP contribution in [-0.2, 0) is 9.59 Å². The first kappa shape index (κ1) is 20.7. The van der Waals surface area contributed by atoms with Crippen molar-refractivity contribution in [1.29, 1.82) is 0 Å². The third-order valence-corrected chi connectivity index (χ3v) is 5.77. The lowest BCUT2D eigenvalue weighted by atomic mass is 9.92. The molecule has 0 radical (unpaired) electrons. The molecule has 5 rings (SSSR count). The van der Waals surface area contributed by atoms with Crippen LogP contribution in [0, 0.1) is 0 Å². The summed E-state index contributed by atoms with van der Waals surface area (Å²) in [4.78, 5) is 36.4. The number of carbonyl (C=O) groups excluding carboxylic acids is 2. The maximum Gasteiger partial charge on any atom is 0.232 e. The number of para-hydroxylation sites is 1. The Balaban J connectivity index is 1.33. The molecule has 2 aliphatic rings. The Kier molecular flexibility index (Phi) is 5.52. The van der Waals surface area contributed by atoms with Crippen LogP contribution in [0.5, 0.6) is 11.5 Å². The van der Waals surface area contributed by atoms with Crippen LogP contribution in [0.4, 0.5) is 23.3 Å². The SMILES string of the molecule is Nc1nc(N2CCCC2)nc2c1[C@@H](C(=O)Nc1ccc(Oc3ccccc3)cc1)CC(=O)N2. The summed E-state index contributed by atoms with van der Waals surface area (Å²) in [5.41, 5.74) is 7.29. The molecule has 0 spiro atoms. The Labute approximate surface area is 191 Å². The number of aromatic nitrogens is 2. The van der Waals surface area contributed by atoms with E-state index in [4.69, 9.17) is 10.5 Å². The molecule has 0 aliphatic carbocycles. The molecular weight excluding hydrogens is 420 g/mol. The second kappa shape index (κ2) is 8.78. The van der Waals surface area contributed by atoms with Gasteiger partial charge in [-0.05, 0) is 49.2 Å². The molecule has 9 heteroatoms. The quantitative estimate of drug-likeness (QED) is 0.550. The standard InChI is InChI=1S/C24H24N6O3/c25-21-20-18(14-19(31)27-22(20)29-24(28-21)30-12-4-5-13-30)23(32)26-15-8-10-17(11-9-15)33-16-6-2-1-3-7-16/h1-3,6-11,18H,4-5,12-14H2,(H,26,32)(H3,25,27,28,29,31)/t18-/m0/s1. The minimum atomic E-state index is -0.776. The van der Waals surface area contributed by atoms with Gasteiger partial charge in [-0.15, -0.1) is 0 Å². The zero-order chi connectivity index (χ0) is 22.8. The number of nitrogens with two attached hydrogens (primary N) is 1. The van der Waals surface area contributed by atoms with Crippen LogP contribution < -0.4 is 26.0 Å². The lowest BCUT2D eigenvalue weighted by Gasteiger charge is -2.26. The molecule has 0 bridgehead atoms. The summed E-state index contributed by atoms with van der Waals surface area (Å²) in [5, 5.41) is 5.62. The molecule has 2 amide bonds. The molecule has 33 heavy (non-hydrogen) atoms. The van der Waals surface area contributed by atoms with Crippen molar-refractivity contribution in [2.45, 2.75) is 25.2 Å². The van der Waals surface area contributed by atoms with Gasteiger partial charge in [-0.1, -0.05) is 18.2 Å². The number of rotatable bonds is 5. The van der Waals surface area contributed by atoms with E-state index >= 15 is 0 Å². The Morgan fingerprint density at radius 2 is 1.73 bits per heavy atom. The van der Waals surface area contributed by atoms with E-state index in [0.29, 0.717) is 28.8 Å². The Morgan fingerprint density at radius 1 is 1.03 bits per heavy atom. The van der Waals surface area contributed by atoms with Crippen molar-refractivity contribution in [3.05, 3.63) is 60.2 Å². The van der Waals surface area contributed by atoms with Gasteiger partial charge in [0.2, 0.25) is 17.8 Å². The van der Waals surface area contributed by atoms with Gasteiger partial charge in [0, 0.05) is 25.2 Å². The van der Waals surface area contributed by atoms with E-state index < -0.39 is 5.92 Å². The topological polar surface area (TPSA) is 122 Å². The first-order valence-corrected chi connectivity index (χ1v) is 10.9. The van der Waals surface area contributed by atoms with Gasteiger partial charge in [0.15, 0.2) is 0 Å². The number of hydrogen-bond donors (Lipinski definition) is 3. The van der Waals surface area contributed by atoms with Crippen molar-refractivity contribution in [2.75, 3.05) is 34.4 Å². The molecule has 9 nitrogen and oxygen atoms in total. The van der Waals surface area contributed by atoms with Gasteiger partial charge >= 0.3 is 0 Å². The Hall–Kier alpha value is -4.14. The highest BCUT2D eigenvalue weighted by Gasteiger charge is 2.35. The molecule has 0 saturated carbocycles. The van der Waals surface area contributed by atoms with Gasteiger partial charge in [0.1, 0.15) is 23.1 Å². The summed E-state index contributed by atoms with van der Waals surface area (Å²) in [5.74, 6) is 0.991. The second-order valence-corrected chi connectivity index (χ2v) is 8.10. The van der Waals surface area contributed by atoms with Crippen molar-refractivity contribution < 1.29 is 14.3 Å². The van der Waals surface area contributed by atoms with Gasteiger partial charge in [0.25, 0.3) is 0 Å². The lowest BCUT2D eigenvalue weighted by molar-refractivity contribution is -0.123. The first-order chi connectivity index (χ1) is 16.1. The number of nitrogens with zero attached hydrogens (tertiary/aromatic N) is 3. The highest BCUT2D eigenvalue weighted by atomic mass is 16.5. The third-order valence-electron chi connectivity index (χ3n) is 5.77. The summed E-state index contributed by atoms with van der Waals surface area (Å²) in [6.45, 7) is 1.69. The Morgan fingerprint density at radius 3 is 2.45 bits per heavy atom. The van der Waals surface area contributed by atoms with Crippen molar-refractivity contribution in [2.24, 2.45) is 0 Å². The predicted molar refractivity (Wildman–Crippen MR) is 125 cm³/mol. The van der Waals surface area contributed by atoms with Crippen LogP contribution in [0.2, 0.25) is 0 Å². The van der Waals surface area contributed by atoms with Crippen molar-refractivity contribution >= 4 is 35.1 Å². The molecule has 2 aromatic carbocycles.